The van der Waals surface area contributed by atoms with Crippen LogP contribution in [-0.2, 0) is 6.54 Å². The van der Waals surface area contributed by atoms with Gasteiger partial charge >= 0.3 is 0 Å². The second-order valence-electron chi connectivity index (χ2n) is 6.13. The Morgan fingerprint density at radius 3 is 2.62 bits per heavy atom. The van der Waals surface area contributed by atoms with Crippen LogP contribution >= 0.6 is 11.6 Å². The van der Waals surface area contributed by atoms with Crippen molar-refractivity contribution in [2.24, 2.45) is 11.8 Å². The highest BCUT2D eigenvalue weighted by molar-refractivity contribution is 6.30. The summed E-state index contributed by atoms with van der Waals surface area (Å²) in [6.07, 6.45) is 3.70. The maximum atomic E-state index is 6.31. The maximum absolute atomic E-state index is 6.31. The van der Waals surface area contributed by atoms with Gasteiger partial charge in [-0.1, -0.05) is 25.4 Å². The number of hydrogen-bond acceptors (Lipinski definition) is 3. The van der Waals surface area contributed by atoms with Crippen LogP contribution in [0.25, 0.3) is 0 Å². The van der Waals surface area contributed by atoms with E-state index in [9.17, 15) is 0 Å². The van der Waals surface area contributed by atoms with Crippen molar-refractivity contribution in [2.45, 2.75) is 45.8 Å². The Kier molecular flexibility index (Phi) is 5.77. The fourth-order valence-electron chi connectivity index (χ4n) is 3.00. The SMILES string of the molecule is CNCc1cc(Cl)cc(OC)c1OC1CCC(C)C(C)C1. The summed E-state index contributed by atoms with van der Waals surface area (Å²) in [4.78, 5) is 0. The van der Waals surface area contributed by atoms with Crippen molar-refractivity contribution < 1.29 is 9.47 Å². The summed E-state index contributed by atoms with van der Waals surface area (Å²) in [5.74, 6) is 3.05. The molecule has 0 radical (unpaired) electrons. The van der Waals surface area contributed by atoms with Crippen molar-refractivity contribution in [3.05, 3.63) is 22.7 Å². The average Bonchev–Trinajstić information content (AvgIpc) is 2.45. The van der Waals surface area contributed by atoms with E-state index >= 15 is 0 Å². The first-order valence-electron chi connectivity index (χ1n) is 7.72. The molecule has 0 heterocycles. The lowest BCUT2D eigenvalue weighted by Gasteiger charge is -2.33. The number of methoxy groups -OCH3 is 1. The molecule has 1 aromatic rings. The third-order valence-corrected chi connectivity index (χ3v) is 4.74. The van der Waals surface area contributed by atoms with Crippen LogP contribution in [0, 0.1) is 11.8 Å². The van der Waals surface area contributed by atoms with Crippen LogP contribution in [0.1, 0.15) is 38.7 Å². The highest BCUT2D eigenvalue weighted by Crippen LogP contribution is 2.38. The van der Waals surface area contributed by atoms with Gasteiger partial charge in [0, 0.05) is 23.2 Å². The smallest absolute Gasteiger partial charge is 0.166 e. The molecule has 21 heavy (non-hydrogen) atoms. The first-order valence-corrected chi connectivity index (χ1v) is 8.10. The molecule has 3 atom stereocenters. The number of halogens is 1. The van der Waals surface area contributed by atoms with Crippen LogP contribution in [-0.4, -0.2) is 20.3 Å². The van der Waals surface area contributed by atoms with Crippen LogP contribution < -0.4 is 14.8 Å². The molecule has 1 aliphatic carbocycles. The minimum atomic E-state index is 0.266. The lowest BCUT2D eigenvalue weighted by atomic mass is 9.80. The molecule has 3 unspecified atom stereocenters. The highest BCUT2D eigenvalue weighted by atomic mass is 35.5. The summed E-state index contributed by atoms with van der Waals surface area (Å²) in [7, 11) is 3.58. The zero-order valence-corrected chi connectivity index (χ0v) is 14.2. The van der Waals surface area contributed by atoms with Gasteiger partial charge in [0.05, 0.1) is 13.2 Å². The van der Waals surface area contributed by atoms with E-state index in [0.717, 1.165) is 35.8 Å². The first-order chi connectivity index (χ1) is 10.0. The first kappa shape index (κ1) is 16.4. The average molecular weight is 312 g/mol. The largest absolute Gasteiger partial charge is 0.493 e. The van der Waals surface area contributed by atoms with E-state index < -0.39 is 0 Å². The minimum Gasteiger partial charge on any atom is -0.493 e. The van der Waals surface area contributed by atoms with Gasteiger partial charge in [0.1, 0.15) is 0 Å². The summed E-state index contributed by atoms with van der Waals surface area (Å²) in [6.45, 7) is 5.36. The van der Waals surface area contributed by atoms with E-state index in [1.807, 2.05) is 19.2 Å². The molecule has 1 aliphatic rings. The lowest BCUT2D eigenvalue weighted by Crippen LogP contribution is -2.29. The number of rotatable bonds is 5. The van der Waals surface area contributed by atoms with Gasteiger partial charge in [0.25, 0.3) is 0 Å². The Labute approximate surface area is 133 Å². The fourth-order valence-corrected chi connectivity index (χ4v) is 3.23. The molecular weight excluding hydrogens is 286 g/mol. The van der Waals surface area contributed by atoms with Crippen molar-refractivity contribution in [3.8, 4) is 11.5 Å². The molecule has 0 aliphatic heterocycles. The Morgan fingerprint density at radius 1 is 1.24 bits per heavy atom. The minimum absolute atomic E-state index is 0.266. The monoisotopic (exact) mass is 311 g/mol. The van der Waals surface area contributed by atoms with Crippen LogP contribution in [0.2, 0.25) is 5.02 Å². The Morgan fingerprint density at radius 2 is 2.00 bits per heavy atom. The van der Waals surface area contributed by atoms with Gasteiger partial charge in [-0.25, -0.2) is 0 Å². The van der Waals surface area contributed by atoms with E-state index in [1.54, 1.807) is 7.11 Å². The van der Waals surface area contributed by atoms with Crippen molar-refractivity contribution in [1.82, 2.24) is 5.32 Å². The summed E-state index contributed by atoms with van der Waals surface area (Å²) >= 11 is 6.16. The van der Waals surface area contributed by atoms with Gasteiger partial charge in [-0.05, 0) is 44.2 Å². The van der Waals surface area contributed by atoms with Crippen LogP contribution in [0.5, 0.6) is 11.5 Å². The Balaban J connectivity index is 2.21. The van der Waals surface area contributed by atoms with Gasteiger partial charge in [-0.2, -0.15) is 0 Å². The Hall–Kier alpha value is -0.930. The van der Waals surface area contributed by atoms with Gasteiger partial charge < -0.3 is 14.8 Å². The van der Waals surface area contributed by atoms with E-state index in [1.165, 1.54) is 6.42 Å². The van der Waals surface area contributed by atoms with Crippen LogP contribution in [0.15, 0.2) is 12.1 Å². The topological polar surface area (TPSA) is 30.5 Å². The summed E-state index contributed by atoms with van der Waals surface area (Å²) in [6, 6.07) is 3.77. The standard InChI is InChI=1S/C17H26ClNO2/c1-11-5-6-15(7-12(11)2)21-17-13(10-19-3)8-14(18)9-16(17)20-4/h8-9,11-12,15,19H,5-7,10H2,1-4H3. The molecule has 3 nitrogen and oxygen atoms in total. The molecule has 4 heteroatoms. The van der Waals surface area contributed by atoms with Gasteiger partial charge in [0.15, 0.2) is 11.5 Å². The quantitative estimate of drug-likeness (QED) is 0.881. The molecular formula is C17H26ClNO2. The van der Waals surface area contributed by atoms with Gasteiger partial charge in [-0.15, -0.1) is 0 Å². The molecule has 1 fully saturated rings. The summed E-state index contributed by atoms with van der Waals surface area (Å²) < 4.78 is 11.8. The number of benzene rings is 1. The molecule has 0 amide bonds. The zero-order chi connectivity index (χ0) is 15.4. The Bertz CT molecular complexity index is 478. The molecule has 1 aromatic carbocycles. The van der Waals surface area contributed by atoms with Crippen LogP contribution in [0.4, 0.5) is 0 Å². The lowest BCUT2D eigenvalue weighted by molar-refractivity contribution is 0.0966. The molecule has 1 saturated carbocycles. The van der Waals surface area contributed by atoms with Crippen molar-refractivity contribution in [2.75, 3.05) is 14.2 Å². The molecule has 0 spiro atoms. The summed E-state index contributed by atoms with van der Waals surface area (Å²) in [5.41, 5.74) is 1.05. The van der Waals surface area contributed by atoms with Crippen LogP contribution in [0.3, 0.4) is 0 Å². The van der Waals surface area contributed by atoms with E-state index in [0.29, 0.717) is 17.5 Å². The molecule has 118 valence electrons. The predicted molar refractivity (Wildman–Crippen MR) is 87.4 cm³/mol. The van der Waals surface area contributed by atoms with Crippen molar-refractivity contribution >= 4 is 11.6 Å². The number of nitrogens with one attached hydrogen (secondary N) is 1. The normalized spacial score (nSPS) is 25.7. The van der Waals surface area contributed by atoms with Gasteiger partial charge in [-0.3, -0.25) is 0 Å². The zero-order valence-electron chi connectivity index (χ0n) is 13.4. The van der Waals surface area contributed by atoms with E-state index in [-0.39, 0.29) is 6.10 Å². The molecule has 0 bridgehead atoms. The summed E-state index contributed by atoms with van der Waals surface area (Å²) in [5, 5.41) is 3.84. The molecule has 0 aromatic heterocycles. The fraction of sp³-hybridized carbons (Fsp3) is 0.647. The van der Waals surface area contributed by atoms with E-state index in [2.05, 4.69) is 19.2 Å². The predicted octanol–water partition coefficient (Wildman–Crippen LogP) is 4.27. The second-order valence-corrected chi connectivity index (χ2v) is 6.57. The third-order valence-electron chi connectivity index (χ3n) is 4.52. The van der Waals surface area contributed by atoms with Crippen molar-refractivity contribution in [3.63, 3.8) is 0 Å². The third kappa shape index (κ3) is 4.04. The molecule has 2 rings (SSSR count). The number of ether oxygens (including phenoxy) is 2. The second kappa shape index (κ2) is 7.37. The highest BCUT2D eigenvalue weighted by Gasteiger charge is 2.27. The van der Waals surface area contributed by atoms with Crippen molar-refractivity contribution in [1.29, 1.82) is 0 Å². The number of hydrogen-bond donors (Lipinski definition) is 1. The molecule has 0 saturated heterocycles. The maximum Gasteiger partial charge on any atom is 0.166 e. The molecule has 1 N–H and O–H groups in total. The van der Waals surface area contributed by atoms with Gasteiger partial charge in [0.2, 0.25) is 0 Å². The van der Waals surface area contributed by atoms with E-state index in [4.69, 9.17) is 21.1 Å².